The molecular weight excluding hydrogens is 502 g/mol. The molecule has 10 heteroatoms. The number of aromatic nitrogens is 2. The molecule has 0 amide bonds. The number of methoxy groups -OCH3 is 2. The predicted octanol–water partition coefficient (Wildman–Crippen LogP) is 5.59. The van der Waals surface area contributed by atoms with Gasteiger partial charge < -0.3 is 24.3 Å². The fraction of sp³-hybridized carbons (Fsp3) is 0.214. The summed E-state index contributed by atoms with van der Waals surface area (Å²) in [5, 5.41) is 15.4. The monoisotopic (exact) mass is 529 g/mol. The lowest BCUT2D eigenvalue weighted by molar-refractivity contribution is -0.384. The highest BCUT2D eigenvalue weighted by Crippen LogP contribution is 2.44. The molecule has 2 aromatic carbocycles. The van der Waals surface area contributed by atoms with Gasteiger partial charge in [-0.15, -0.1) is 0 Å². The van der Waals surface area contributed by atoms with E-state index in [0.717, 1.165) is 39.8 Å². The molecule has 1 aliphatic heterocycles. The molecule has 3 heterocycles. The lowest BCUT2D eigenvalue weighted by Gasteiger charge is -2.28. The third-order valence-corrected chi connectivity index (χ3v) is 7.15. The van der Waals surface area contributed by atoms with E-state index < -0.39 is 4.92 Å². The van der Waals surface area contributed by atoms with Crippen LogP contribution in [0.2, 0.25) is 0 Å². The van der Waals surface area contributed by atoms with Gasteiger partial charge >= 0.3 is 0 Å². The van der Waals surface area contributed by atoms with Crippen molar-refractivity contribution in [2.45, 2.75) is 25.9 Å². The maximum absolute atomic E-state index is 11.4. The number of pyridine rings is 1. The van der Waals surface area contributed by atoms with Crippen LogP contribution in [0.5, 0.6) is 11.5 Å². The van der Waals surface area contributed by atoms with E-state index in [1.165, 1.54) is 19.2 Å². The Balaban J connectivity index is 1.69. The van der Waals surface area contributed by atoms with Crippen molar-refractivity contribution in [2.75, 3.05) is 19.1 Å². The van der Waals surface area contributed by atoms with Crippen LogP contribution in [0.25, 0.3) is 5.69 Å². The molecule has 0 saturated carbocycles. The van der Waals surface area contributed by atoms with E-state index in [9.17, 15) is 10.1 Å². The Bertz CT molecular complexity index is 1520. The molecule has 2 atom stereocenters. The number of nitrogens with zero attached hydrogens (tertiary/aromatic N) is 4. The molecule has 0 spiro atoms. The number of nitro benzene ring substituents is 1. The number of aryl methyl sites for hydroxylation is 1. The van der Waals surface area contributed by atoms with Crippen LogP contribution < -0.4 is 19.7 Å². The van der Waals surface area contributed by atoms with Crippen LogP contribution in [0, 0.1) is 24.0 Å². The number of nitro groups is 1. The van der Waals surface area contributed by atoms with Crippen molar-refractivity contribution < 1.29 is 14.4 Å². The van der Waals surface area contributed by atoms with Crippen molar-refractivity contribution in [3.8, 4) is 17.2 Å². The van der Waals surface area contributed by atoms with Crippen molar-refractivity contribution in [1.29, 1.82) is 0 Å². The molecule has 0 aliphatic carbocycles. The Kier molecular flexibility index (Phi) is 6.73. The van der Waals surface area contributed by atoms with Crippen LogP contribution in [-0.4, -0.2) is 33.8 Å². The largest absolute Gasteiger partial charge is 0.497 e. The first kappa shape index (κ1) is 25.2. The topological polar surface area (TPSA) is 94.7 Å². The summed E-state index contributed by atoms with van der Waals surface area (Å²) < 4.78 is 13.1. The summed E-state index contributed by atoms with van der Waals surface area (Å²) in [6.45, 7) is 4.04. The highest BCUT2D eigenvalue weighted by atomic mass is 32.1. The highest BCUT2D eigenvalue weighted by Gasteiger charge is 2.42. The summed E-state index contributed by atoms with van der Waals surface area (Å²) in [5.41, 5.74) is 5.39. The van der Waals surface area contributed by atoms with Gasteiger partial charge in [0.05, 0.1) is 48.7 Å². The number of anilines is 1. The van der Waals surface area contributed by atoms with Crippen molar-refractivity contribution in [2.24, 2.45) is 0 Å². The number of thiocarbonyl (C=S) groups is 1. The number of hydrogen-bond acceptors (Lipinski definition) is 6. The molecule has 0 bridgehead atoms. The van der Waals surface area contributed by atoms with E-state index in [1.54, 1.807) is 19.4 Å². The molecule has 1 saturated heterocycles. The molecule has 0 unspecified atom stereocenters. The molecule has 0 radical (unpaired) electrons. The molecule has 2 aromatic heterocycles. The number of ether oxygens (including phenoxy) is 2. The summed E-state index contributed by atoms with van der Waals surface area (Å²) >= 11 is 5.87. The third-order valence-electron chi connectivity index (χ3n) is 6.83. The lowest BCUT2D eigenvalue weighted by Crippen LogP contribution is -2.29. The number of non-ortho nitro benzene ring substituents is 1. The van der Waals surface area contributed by atoms with Crippen LogP contribution >= 0.6 is 12.2 Å². The summed E-state index contributed by atoms with van der Waals surface area (Å²) in [4.78, 5) is 17.7. The third kappa shape index (κ3) is 4.32. The average molecular weight is 530 g/mol. The van der Waals surface area contributed by atoms with Crippen LogP contribution in [0.4, 0.5) is 11.4 Å². The average Bonchev–Trinajstić information content (AvgIpc) is 3.43. The Labute approximate surface area is 225 Å². The second-order valence-electron chi connectivity index (χ2n) is 8.97. The Hall–Kier alpha value is -4.44. The standard InChI is InChI=1S/C28H27N5O4S/c1-17-14-22(18(2)31(17)24-12-11-20(33(34)35)16-25(24)37-4)27-26(23-10-5-6-13-29-23)30-28(38)32(27)19-8-7-9-21(15-19)36-3/h5-16,26-27H,1-4H3,(H,30,38)/t26-,27+/m0/s1. The van der Waals surface area contributed by atoms with Crippen molar-refractivity contribution in [3.63, 3.8) is 0 Å². The first-order chi connectivity index (χ1) is 18.3. The molecule has 9 nitrogen and oxygen atoms in total. The fourth-order valence-electron chi connectivity index (χ4n) is 5.13. The SMILES string of the molecule is COc1cccc(N2C(=S)N[C@@H](c3ccccn3)[C@H]2c2cc(C)n(-c3ccc([N+](=O)[O-])cc3OC)c2C)c1. The fourth-order valence-corrected chi connectivity index (χ4v) is 5.48. The van der Waals surface area contributed by atoms with Gasteiger partial charge in [0.1, 0.15) is 11.5 Å². The summed E-state index contributed by atoms with van der Waals surface area (Å²) in [6, 6.07) is 20.0. The smallest absolute Gasteiger partial charge is 0.273 e. The first-order valence-electron chi connectivity index (χ1n) is 12.0. The summed E-state index contributed by atoms with van der Waals surface area (Å²) in [7, 11) is 3.15. The Morgan fingerprint density at radius 2 is 1.84 bits per heavy atom. The Morgan fingerprint density at radius 3 is 2.53 bits per heavy atom. The van der Waals surface area contributed by atoms with Gasteiger partial charge in [-0.05, 0) is 68.0 Å². The lowest BCUT2D eigenvalue weighted by atomic mass is 9.96. The van der Waals surface area contributed by atoms with E-state index in [0.29, 0.717) is 10.9 Å². The van der Waals surface area contributed by atoms with Gasteiger partial charge in [-0.25, -0.2) is 0 Å². The van der Waals surface area contributed by atoms with Gasteiger partial charge in [0, 0.05) is 35.4 Å². The molecule has 1 fully saturated rings. The van der Waals surface area contributed by atoms with E-state index >= 15 is 0 Å². The molecule has 194 valence electrons. The minimum atomic E-state index is -0.429. The van der Waals surface area contributed by atoms with E-state index in [2.05, 4.69) is 25.8 Å². The van der Waals surface area contributed by atoms with E-state index in [4.69, 9.17) is 21.7 Å². The maximum Gasteiger partial charge on any atom is 0.273 e. The van der Waals surface area contributed by atoms with Crippen LogP contribution in [-0.2, 0) is 0 Å². The summed E-state index contributed by atoms with van der Waals surface area (Å²) in [5.74, 6) is 1.14. The first-order valence-corrected chi connectivity index (χ1v) is 12.4. The van der Waals surface area contributed by atoms with Crippen LogP contribution in [0.3, 0.4) is 0 Å². The Morgan fingerprint density at radius 1 is 1.03 bits per heavy atom. The van der Waals surface area contributed by atoms with Gasteiger partial charge in [0.2, 0.25) is 0 Å². The zero-order valence-electron chi connectivity index (χ0n) is 21.4. The van der Waals surface area contributed by atoms with E-state index in [-0.39, 0.29) is 17.8 Å². The van der Waals surface area contributed by atoms with Crippen LogP contribution in [0.1, 0.15) is 34.7 Å². The minimum absolute atomic E-state index is 0.0296. The zero-order valence-corrected chi connectivity index (χ0v) is 22.2. The summed E-state index contributed by atoms with van der Waals surface area (Å²) in [6.07, 6.45) is 1.77. The zero-order chi connectivity index (χ0) is 27.0. The van der Waals surface area contributed by atoms with Crippen molar-refractivity contribution in [3.05, 3.63) is 106 Å². The van der Waals surface area contributed by atoms with Crippen molar-refractivity contribution >= 4 is 28.7 Å². The predicted molar refractivity (Wildman–Crippen MR) is 149 cm³/mol. The highest BCUT2D eigenvalue weighted by molar-refractivity contribution is 7.80. The van der Waals surface area contributed by atoms with Gasteiger partial charge in [-0.1, -0.05) is 12.1 Å². The van der Waals surface area contributed by atoms with E-state index in [1.807, 2.05) is 56.3 Å². The molecular formula is C28H27N5O4S. The van der Waals surface area contributed by atoms with Gasteiger partial charge in [-0.3, -0.25) is 15.1 Å². The van der Waals surface area contributed by atoms with Gasteiger partial charge in [-0.2, -0.15) is 0 Å². The molecule has 1 N–H and O–H groups in total. The molecule has 38 heavy (non-hydrogen) atoms. The van der Waals surface area contributed by atoms with Gasteiger partial charge in [0.15, 0.2) is 5.11 Å². The molecule has 5 rings (SSSR count). The number of nitrogens with one attached hydrogen (secondary N) is 1. The number of hydrogen-bond donors (Lipinski definition) is 1. The quantitative estimate of drug-likeness (QED) is 0.188. The normalized spacial score (nSPS) is 16.8. The number of benzene rings is 2. The second-order valence-corrected chi connectivity index (χ2v) is 9.36. The van der Waals surface area contributed by atoms with Gasteiger partial charge in [0.25, 0.3) is 5.69 Å². The maximum atomic E-state index is 11.4. The minimum Gasteiger partial charge on any atom is -0.497 e. The number of rotatable bonds is 7. The second kappa shape index (κ2) is 10.1. The molecule has 1 aliphatic rings. The molecule has 4 aromatic rings. The van der Waals surface area contributed by atoms with Crippen molar-refractivity contribution in [1.82, 2.24) is 14.9 Å². The van der Waals surface area contributed by atoms with Crippen LogP contribution in [0.15, 0.2) is 72.9 Å².